The van der Waals surface area contributed by atoms with Crippen LogP contribution in [0, 0.1) is 12.8 Å². The summed E-state index contributed by atoms with van der Waals surface area (Å²) in [6.07, 6.45) is 5.01. The van der Waals surface area contributed by atoms with Gasteiger partial charge < -0.3 is 14.8 Å². The van der Waals surface area contributed by atoms with Crippen LogP contribution >= 0.6 is 0 Å². The molecule has 2 aliphatic rings. The molecule has 6 nitrogen and oxygen atoms in total. The number of benzene rings is 1. The van der Waals surface area contributed by atoms with Crippen LogP contribution in [0.4, 0.5) is 5.69 Å². The van der Waals surface area contributed by atoms with Gasteiger partial charge in [-0.15, -0.1) is 0 Å². The standard InChI is InChI=1S/C22H28N4O2/c1-15-8-7-12-25(14-15)22(28)20-24-19(18-11-5-6-13-26(18)20)21(27)23-17-10-4-3-9-16(17)2/h3-4,9-10,15H,5-8,11-14H2,1-2H3,(H,23,27). The molecule has 0 spiro atoms. The molecule has 0 saturated carbocycles. The molecule has 6 heteroatoms. The van der Waals surface area contributed by atoms with Crippen molar-refractivity contribution in [1.82, 2.24) is 14.5 Å². The van der Waals surface area contributed by atoms with E-state index in [1.54, 1.807) is 0 Å². The number of aromatic nitrogens is 2. The lowest BCUT2D eigenvalue weighted by atomic mass is 10.0. The zero-order valence-electron chi connectivity index (χ0n) is 16.7. The van der Waals surface area contributed by atoms with Crippen LogP contribution in [0.25, 0.3) is 0 Å². The molecule has 0 aliphatic carbocycles. The van der Waals surface area contributed by atoms with Gasteiger partial charge in [-0.1, -0.05) is 25.1 Å². The van der Waals surface area contributed by atoms with Crippen molar-refractivity contribution in [2.75, 3.05) is 18.4 Å². The lowest BCUT2D eigenvalue weighted by molar-refractivity contribution is 0.0664. The van der Waals surface area contributed by atoms with Crippen molar-refractivity contribution in [1.29, 1.82) is 0 Å². The number of nitrogens with zero attached hydrogens (tertiary/aromatic N) is 3. The Morgan fingerprint density at radius 2 is 1.96 bits per heavy atom. The van der Waals surface area contributed by atoms with Crippen molar-refractivity contribution >= 4 is 17.5 Å². The molecule has 0 bridgehead atoms. The summed E-state index contributed by atoms with van der Waals surface area (Å²) >= 11 is 0. The van der Waals surface area contributed by atoms with Crippen molar-refractivity contribution < 1.29 is 9.59 Å². The minimum absolute atomic E-state index is 0.0374. The molecular formula is C22H28N4O2. The molecule has 1 saturated heterocycles. The Bertz CT molecular complexity index is 902. The number of hydrogen-bond acceptors (Lipinski definition) is 3. The number of anilines is 1. The van der Waals surface area contributed by atoms with E-state index >= 15 is 0 Å². The number of amides is 2. The van der Waals surface area contributed by atoms with Crippen LogP contribution in [0.2, 0.25) is 0 Å². The molecule has 2 aromatic rings. The fourth-order valence-corrected chi connectivity index (χ4v) is 4.30. The highest BCUT2D eigenvalue weighted by Gasteiger charge is 2.31. The third-order valence-corrected chi connectivity index (χ3v) is 5.86. The largest absolute Gasteiger partial charge is 0.336 e. The van der Waals surface area contributed by atoms with Crippen molar-refractivity contribution in [3.63, 3.8) is 0 Å². The molecule has 4 rings (SSSR count). The molecule has 28 heavy (non-hydrogen) atoms. The van der Waals surface area contributed by atoms with Crippen molar-refractivity contribution in [3.8, 4) is 0 Å². The fourth-order valence-electron chi connectivity index (χ4n) is 4.30. The summed E-state index contributed by atoms with van der Waals surface area (Å²) in [6, 6.07) is 7.69. The molecule has 0 radical (unpaired) electrons. The lowest BCUT2D eigenvalue weighted by Gasteiger charge is -2.31. The molecule has 148 valence electrons. The maximum atomic E-state index is 13.2. The number of fused-ring (bicyclic) bond motifs is 1. The van der Waals surface area contributed by atoms with E-state index in [2.05, 4.69) is 17.2 Å². The molecule has 1 N–H and O–H groups in total. The zero-order chi connectivity index (χ0) is 19.7. The number of hydrogen-bond donors (Lipinski definition) is 1. The van der Waals surface area contributed by atoms with E-state index < -0.39 is 0 Å². The van der Waals surface area contributed by atoms with E-state index in [0.29, 0.717) is 17.4 Å². The number of aryl methyl sites for hydroxylation is 1. The third kappa shape index (κ3) is 3.55. The maximum Gasteiger partial charge on any atom is 0.289 e. The summed E-state index contributed by atoms with van der Waals surface area (Å²) in [6.45, 7) is 6.44. The van der Waals surface area contributed by atoms with Gasteiger partial charge in [0.2, 0.25) is 0 Å². The van der Waals surface area contributed by atoms with Gasteiger partial charge in [0.25, 0.3) is 11.8 Å². The molecule has 1 unspecified atom stereocenters. The van der Waals surface area contributed by atoms with E-state index in [0.717, 1.165) is 68.7 Å². The number of carbonyl (C=O) groups excluding carboxylic acids is 2. The van der Waals surface area contributed by atoms with Crippen LogP contribution in [-0.4, -0.2) is 39.4 Å². The van der Waals surface area contributed by atoms with Crippen LogP contribution in [-0.2, 0) is 13.0 Å². The number of piperidine rings is 1. The number of likely N-dealkylation sites (tertiary alicyclic amines) is 1. The molecule has 2 aliphatic heterocycles. The summed E-state index contributed by atoms with van der Waals surface area (Å²) < 4.78 is 1.98. The second-order valence-corrected chi connectivity index (χ2v) is 8.11. The number of nitrogens with one attached hydrogen (secondary N) is 1. The highest BCUT2D eigenvalue weighted by atomic mass is 16.2. The number of para-hydroxylation sites is 1. The first kappa shape index (κ1) is 18.7. The minimum Gasteiger partial charge on any atom is -0.336 e. The van der Waals surface area contributed by atoms with E-state index in [9.17, 15) is 9.59 Å². The summed E-state index contributed by atoms with van der Waals surface area (Å²) in [5, 5.41) is 2.98. The quantitative estimate of drug-likeness (QED) is 0.884. The average Bonchev–Trinajstić information content (AvgIpc) is 3.09. The molecule has 1 atom stereocenters. The first-order valence-electron chi connectivity index (χ1n) is 10.3. The van der Waals surface area contributed by atoms with Gasteiger partial charge in [-0.05, 0) is 56.6 Å². The molecular weight excluding hydrogens is 352 g/mol. The number of rotatable bonds is 3. The summed E-state index contributed by atoms with van der Waals surface area (Å²) in [4.78, 5) is 32.6. The molecule has 1 fully saturated rings. The number of imidazole rings is 1. The Morgan fingerprint density at radius 3 is 2.75 bits per heavy atom. The Balaban J connectivity index is 1.64. The van der Waals surface area contributed by atoms with Crippen molar-refractivity contribution in [2.45, 2.75) is 52.5 Å². The van der Waals surface area contributed by atoms with Gasteiger partial charge in [0.05, 0.1) is 5.69 Å². The van der Waals surface area contributed by atoms with Crippen LogP contribution < -0.4 is 5.32 Å². The van der Waals surface area contributed by atoms with E-state index in [1.807, 2.05) is 40.7 Å². The van der Waals surface area contributed by atoms with Gasteiger partial charge in [0, 0.05) is 25.3 Å². The van der Waals surface area contributed by atoms with Gasteiger partial charge in [0.1, 0.15) is 0 Å². The fraction of sp³-hybridized carbons (Fsp3) is 0.500. The minimum atomic E-state index is -0.231. The average molecular weight is 380 g/mol. The summed E-state index contributed by atoms with van der Waals surface area (Å²) in [5.41, 5.74) is 3.08. The van der Waals surface area contributed by atoms with E-state index in [-0.39, 0.29) is 11.8 Å². The topological polar surface area (TPSA) is 67.2 Å². The number of carbonyl (C=O) groups is 2. The van der Waals surface area contributed by atoms with Crippen LogP contribution in [0.3, 0.4) is 0 Å². The second kappa shape index (κ2) is 7.78. The first-order valence-corrected chi connectivity index (χ1v) is 10.3. The highest BCUT2D eigenvalue weighted by Crippen LogP contribution is 2.25. The van der Waals surface area contributed by atoms with E-state index in [4.69, 9.17) is 0 Å². The highest BCUT2D eigenvalue weighted by molar-refractivity contribution is 6.05. The second-order valence-electron chi connectivity index (χ2n) is 8.11. The van der Waals surface area contributed by atoms with Crippen LogP contribution in [0.15, 0.2) is 24.3 Å². The Kier molecular flexibility index (Phi) is 5.20. The van der Waals surface area contributed by atoms with Gasteiger partial charge in [-0.25, -0.2) is 4.98 Å². The Hall–Kier alpha value is -2.63. The SMILES string of the molecule is Cc1ccccc1NC(=O)c1nc(C(=O)N2CCCC(C)C2)n2c1CCCC2. The zero-order valence-corrected chi connectivity index (χ0v) is 16.7. The third-order valence-electron chi connectivity index (χ3n) is 5.86. The van der Waals surface area contributed by atoms with Gasteiger partial charge in [-0.3, -0.25) is 9.59 Å². The summed E-state index contributed by atoms with van der Waals surface area (Å²) in [7, 11) is 0. The van der Waals surface area contributed by atoms with E-state index in [1.165, 1.54) is 0 Å². The lowest BCUT2D eigenvalue weighted by Crippen LogP contribution is -2.40. The van der Waals surface area contributed by atoms with Crippen LogP contribution in [0.5, 0.6) is 0 Å². The molecule has 1 aromatic carbocycles. The van der Waals surface area contributed by atoms with Crippen molar-refractivity contribution in [2.24, 2.45) is 5.92 Å². The Labute approximate surface area is 165 Å². The van der Waals surface area contributed by atoms with Gasteiger partial charge in [-0.2, -0.15) is 0 Å². The predicted octanol–water partition coefficient (Wildman–Crippen LogP) is 3.65. The van der Waals surface area contributed by atoms with Gasteiger partial charge >= 0.3 is 0 Å². The van der Waals surface area contributed by atoms with Gasteiger partial charge in [0.15, 0.2) is 11.5 Å². The Morgan fingerprint density at radius 1 is 1.14 bits per heavy atom. The monoisotopic (exact) mass is 380 g/mol. The normalized spacial score (nSPS) is 19.2. The first-order chi connectivity index (χ1) is 13.5. The van der Waals surface area contributed by atoms with Crippen LogP contribution in [0.1, 0.15) is 65.0 Å². The molecule has 3 heterocycles. The smallest absolute Gasteiger partial charge is 0.289 e. The van der Waals surface area contributed by atoms with Crippen molar-refractivity contribution in [3.05, 3.63) is 47.0 Å². The molecule has 1 aromatic heterocycles. The maximum absolute atomic E-state index is 13.2. The summed E-state index contributed by atoms with van der Waals surface area (Å²) in [5.74, 6) is 0.673. The predicted molar refractivity (Wildman–Crippen MR) is 109 cm³/mol. The molecule has 2 amide bonds.